The van der Waals surface area contributed by atoms with Crippen molar-refractivity contribution < 1.29 is 20.1 Å². The Hall–Kier alpha value is -1.17. The summed E-state index contributed by atoms with van der Waals surface area (Å²) in [5.74, 6) is -0.510. The van der Waals surface area contributed by atoms with Crippen LogP contribution >= 0.6 is 0 Å². The molecule has 308 valence electrons. The lowest BCUT2D eigenvalue weighted by Crippen LogP contribution is -2.48. The molecule has 4 N–H and O–H groups in total. The highest BCUT2D eigenvalue weighted by molar-refractivity contribution is 5.80. The van der Waals surface area contributed by atoms with Gasteiger partial charge in [0, 0.05) is 0 Å². The average molecular weight is 734 g/mol. The first kappa shape index (κ1) is 50.8. The van der Waals surface area contributed by atoms with Crippen LogP contribution in [0.15, 0.2) is 24.3 Å². The molecule has 0 fully saturated rings. The summed E-state index contributed by atoms with van der Waals surface area (Å²) in [6.07, 6.45) is 52.2. The molecule has 0 bridgehead atoms. The molecule has 52 heavy (non-hydrogen) atoms. The molecule has 1 amide bonds. The Balaban J connectivity index is 3.63. The molecule has 3 unspecified atom stereocenters. The van der Waals surface area contributed by atoms with E-state index in [4.69, 9.17) is 0 Å². The predicted molar refractivity (Wildman–Crippen MR) is 227 cm³/mol. The van der Waals surface area contributed by atoms with Gasteiger partial charge in [0.2, 0.25) is 5.91 Å². The first-order chi connectivity index (χ1) is 25.6. The summed E-state index contributed by atoms with van der Waals surface area (Å²) in [5, 5.41) is 33.1. The lowest BCUT2D eigenvalue weighted by atomic mass is 10.0. The van der Waals surface area contributed by atoms with Crippen molar-refractivity contribution >= 4 is 5.91 Å². The van der Waals surface area contributed by atoms with Gasteiger partial charge in [-0.1, -0.05) is 237 Å². The number of unbranched alkanes of at least 4 members (excludes halogenated alkanes) is 32. The molecular weight excluding hydrogens is 643 g/mol. The second kappa shape index (κ2) is 42.6. The minimum atomic E-state index is -1.10. The fourth-order valence-corrected chi connectivity index (χ4v) is 7.14. The van der Waals surface area contributed by atoms with E-state index in [1.807, 2.05) is 6.08 Å². The minimum absolute atomic E-state index is 0.373. The second-order valence-corrected chi connectivity index (χ2v) is 16.0. The quantitative estimate of drug-likeness (QED) is 0.0371. The van der Waals surface area contributed by atoms with Crippen LogP contribution in [0.3, 0.4) is 0 Å². The van der Waals surface area contributed by atoms with Crippen molar-refractivity contribution in [1.29, 1.82) is 0 Å². The largest absolute Gasteiger partial charge is 0.394 e. The van der Waals surface area contributed by atoms with Gasteiger partial charge in [-0.05, 0) is 32.1 Å². The predicted octanol–water partition coefficient (Wildman–Crippen LogP) is 13.4. The Labute approximate surface area is 324 Å². The van der Waals surface area contributed by atoms with E-state index in [0.29, 0.717) is 6.42 Å². The fraction of sp³-hybridized carbons (Fsp3) is 0.894. The molecule has 5 heteroatoms. The molecule has 0 aliphatic heterocycles. The lowest BCUT2D eigenvalue weighted by Gasteiger charge is -2.21. The van der Waals surface area contributed by atoms with Gasteiger partial charge in [0.05, 0.1) is 18.8 Å². The normalized spacial score (nSPS) is 13.7. The highest BCUT2D eigenvalue weighted by atomic mass is 16.3. The fourth-order valence-electron chi connectivity index (χ4n) is 7.14. The summed E-state index contributed by atoms with van der Waals surface area (Å²) < 4.78 is 0. The Morgan fingerprint density at radius 1 is 0.462 bits per heavy atom. The smallest absolute Gasteiger partial charge is 0.249 e. The molecule has 0 radical (unpaired) electrons. The van der Waals surface area contributed by atoms with E-state index >= 15 is 0 Å². The zero-order valence-corrected chi connectivity index (χ0v) is 35.0. The van der Waals surface area contributed by atoms with Gasteiger partial charge in [0.15, 0.2) is 0 Å². The van der Waals surface area contributed by atoms with Gasteiger partial charge in [0.1, 0.15) is 6.10 Å². The van der Waals surface area contributed by atoms with Crippen LogP contribution in [-0.2, 0) is 4.79 Å². The van der Waals surface area contributed by atoms with Gasteiger partial charge in [-0.3, -0.25) is 4.79 Å². The second-order valence-electron chi connectivity index (χ2n) is 16.0. The third-order valence-corrected chi connectivity index (χ3v) is 10.8. The van der Waals surface area contributed by atoms with Crippen LogP contribution in [0.1, 0.15) is 245 Å². The van der Waals surface area contributed by atoms with Crippen LogP contribution in [-0.4, -0.2) is 46.1 Å². The van der Waals surface area contributed by atoms with Crippen LogP contribution < -0.4 is 5.32 Å². The van der Waals surface area contributed by atoms with E-state index in [-0.39, 0.29) is 6.61 Å². The number of aliphatic hydroxyl groups excluding tert-OH is 3. The number of aliphatic hydroxyl groups is 3. The molecule has 0 rings (SSSR count). The number of hydrogen-bond acceptors (Lipinski definition) is 4. The molecule has 0 aliphatic carbocycles. The third kappa shape index (κ3) is 37.2. The van der Waals surface area contributed by atoms with Gasteiger partial charge in [-0.2, -0.15) is 0 Å². The van der Waals surface area contributed by atoms with Crippen molar-refractivity contribution in [2.24, 2.45) is 0 Å². The molecule has 5 nitrogen and oxygen atoms in total. The molecule has 0 saturated carbocycles. The van der Waals surface area contributed by atoms with Crippen LogP contribution in [0.4, 0.5) is 0 Å². The molecule has 0 heterocycles. The van der Waals surface area contributed by atoms with Crippen molar-refractivity contribution in [3.05, 3.63) is 24.3 Å². The van der Waals surface area contributed by atoms with Gasteiger partial charge in [0.25, 0.3) is 0 Å². The first-order valence-electron chi connectivity index (χ1n) is 23.2. The Morgan fingerprint density at radius 3 is 1.17 bits per heavy atom. The zero-order chi connectivity index (χ0) is 38.0. The SMILES string of the molecule is CCCCCCCCCCC/C=C/CC/C=C/C(O)C(CO)NC(=O)C(O)CCCCCCCCCCCCCCCCCCCCCCCCC. The number of rotatable bonds is 42. The van der Waals surface area contributed by atoms with E-state index in [1.165, 1.54) is 186 Å². The summed E-state index contributed by atoms with van der Waals surface area (Å²) in [6.45, 7) is 4.18. The summed E-state index contributed by atoms with van der Waals surface area (Å²) in [5.41, 5.74) is 0. The number of carbonyl (C=O) groups is 1. The van der Waals surface area contributed by atoms with E-state index in [9.17, 15) is 20.1 Å². The van der Waals surface area contributed by atoms with Gasteiger partial charge in [-0.25, -0.2) is 0 Å². The Bertz CT molecular complexity index is 768. The van der Waals surface area contributed by atoms with Crippen LogP contribution in [0.5, 0.6) is 0 Å². The van der Waals surface area contributed by atoms with Crippen molar-refractivity contribution in [2.45, 2.75) is 263 Å². The van der Waals surface area contributed by atoms with Crippen LogP contribution in [0, 0.1) is 0 Å². The number of allylic oxidation sites excluding steroid dienone is 3. The molecule has 3 atom stereocenters. The van der Waals surface area contributed by atoms with Crippen molar-refractivity contribution in [2.75, 3.05) is 6.61 Å². The third-order valence-electron chi connectivity index (χ3n) is 10.8. The monoisotopic (exact) mass is 734 g/mol. The topological polar surface area (TPSA) is 89.8 Å². The molecule has 0 spiro atoms. The molecule has 0 aliphatic rings. The highest BCUT2D eigenvalue weighted by Crippen LogP contribution is 2.16. The molecule has 0 aromatic carbocycles. The summed E-state index contributed by atoms with van der Waals surface area (Å²) in [4.78, 5) is 12.5. The molecule has 0 saturated heterocycles. The zero-order valence-electron chi connectivity index (χ0n) is 35.0. The Morgan fingerprint density at radius 2 is 0.788 bits per heavy atom. The van der Waals surface area contributed by atoms with E-state index in [1.54, 1.807) is 6.08 Å². The standard InChI is InChI=1S/C47H91NO4/c1-3-5-7-9-11-13-15-17-19-20-21-22-23-24-25-26-28-30-32-34-36-38-40-42-46(51)47(52)48-44(43-49)45(50)41-39-37-35-33-31-29-27-18-16-14-12-10-8-6-4-2/h31,33,39,41,44-46,49-51H,3-30,32,34-38,40,42-43H2,1-2H3,(H,48,52)/b33-31+,41-39+. The first-order valence-corrected chi connectivity index (χ1v) is 23.2. The van der Waals surface area contributed by atoms with E-state index in [2.05, 4.69) is 31.3 Å². The number of nitrogens with one attached hydrogen (secondary N) is 1. The van der Waals surface area contributed by atoms with Crippen molar-refractivity contribution in [1.82, 2.24) is 5.32 Å². The Kier molecular flexibility index (Phi) is 41.6. The molecule has 0 aromatic rings. The number of carbonyl (C=O) groups excluding carboxylic acids is 1. The maximum atomic E-state index is 12.5. The van der Waals surface area contributed by atoms with Crippen LogP contribution in [0.25, 0.3) is 0 Å². The lowest BCUT2D eigenvalue weighted by molar-refractivity contribution is -0.131. The minimum Gasteiger partial charge on any atom is -0.394 e. The van der Waals surface area contributed by atoms with E-state index < -0.39 is 24.2 Å². The summed E-state index contributed by atoms with van der Waals surface area (Å²) >= 11 is 0. The average Bonchev–Trinajstić information content (AvgIpc) is 3.15. The van der Waals surface area contributed by atoms with E-state index in [0.717, 1.165) is 38.5 Å². The number of amides is 1. The van der Waals surface area contributed by atoms with Gasteiger partial charge >= 0.3 is 0 Å². The van der Waals surface area contributed by atoms with Crippen LogP contribution in [0.2, 0.25) is 0 Å². The highest BCUT2D eigenvalue weighted by Gasteiger charge is 2.22. The molecule has 0 aromatic heterocycles. The molecular formula is C47H91NO4. The summed E-state index contributed by atoms with van der Waals surface area (Å²) in [6, 6.07) is -0.810. The summed E-state index contributed by atoms with van der Waals surface area (Å²) in [7, 11) is 0. The van der Waals surface area contributed by atoms with Crippen molar-refractivity contribution in [3.8, 4) is 0 Å². The maximum absolute atomic E-state index is 12.5. The number of hydrogen-bond donors (Lipinski definition) is 4. The van der Waals surface area contributed by atoms with Gasteiger partial charge < -0.3 is 20.6 Å². The van der Waals surface area contributed by atoms with Crippen molar-refractivity contribution in [3.63, 3.8) is 0 Å². The maximum Gasteiger partial charge on any atom is 0.249 e. The van der Waals surface area contributed by atoms with Gasteiger partial charge in [-0.15, -0.1) is 0 Å².